The molecule has 4 heteroatoms. The van der Waals surface area contributed by atoms with E-state index in [1.165, 1.54) is 18.4 Å². The monoisotopic (exact) mass is 273 g/mol. The number of thiazole rings is 1. The third-order valence-corrected chi connectivity index (χ3v) is 5.80. The smallest absolute Gasteiger partial charge is 0.0901 e. The fourth-order valence-corrected chi connectivity index (χ4v) is 3.50. The molecule has 0 aliphatic heterocycles. The summed E-state index contributed by atoms with van der Waals surface area (Å²) in [5.41, 5.74) is 2.54. The molecule has 0 saturated heterocycles. The average molecular weight is 273 g/mol. The Morgan fingerprint density at radius 3 is 2.69 bits per heavy atom. The molecule has 0 radical (unpaired) electrons. The lowest BCUT2D eigenvalue weighted by atomic mass is 10.1. The van der Waals surface area contributed by atoms with Gasteiger partial charge in [0.15, 0.2) is 0 Å². The van der Waals surface area contributed by atoms with Crippen LogP contribution in [0.4, 0.5) is 0 Å². The summed E-state index contributed by atoms with van der Waals surface area (Å²) < 4.78 is 0.723. The van der Waals surface area contributed by atoms with Crippen LogP contribution < -0.4 is 0 Å². The van der Waals surface area contributed by atoms with Crippen molar-refractivity contribution < 1.29 is 0 Å². The summed E-state index contributed by atoms with van der Waals surface area (Å²) in [4.78, 5) is 4.45. The van der Waals surface area contributed by atoms with Gasteiger partial charge >= 0.3 is 0 Å². The maximum absolute atomic E-state index is 4.45. The second kappa shape index (κ2) is 7.41. The Hall–Kier alpha value is 0.0700. The number of aromatic nitrogens is 1. The summed E-state index contributed by atoms with van der Waals surface area (Å²) >= 11 is 5.60. The van der Waals surface area contributed by atoms with Crippen LogP contribution in [0.15, 0.2) is 11.0 Å². The highest BCUT2D eigenvalue weighted by Gasteiger charge is 2.04. The minimum absolute atomic E-state index is 0.723. The van der Waals surface area contributed by atoms with Crippen LogP contribution >= 0.6 is 34.9 Å². The highest BCUT2D eigenvalue weighted by molar-refractivity contribution is 8.16. The Kier molecular flexibility index (Phi) is 6.54. The number of hydrogen-bond donors (Lipinski definition) is 0. The predicted molar refractivity (Wildman–Crippen MR) is 80.6 cm³/mol. The van der Waals surface area contributed by atoms with Gasteiger partial charge < -0.3 is 0 Å². The molecule has 0 bridgehead atoms. The Bertz CT molecular complexity index is 340. The molecule has 1 heterocycles. The molecule has 0 atom stereocenters. The third-order valence-electron chi connectivity index (χ3n) is 2.33. The van der Waals surface area contributed by atoms with Gasteiger partial charge in [-0.15, -0.1) is 11.3 Å². The van der Waals surface area contributed by atoms with Crippen molar-refractivity contribution in [1.82, 2.24) is 4.98 Å². The zero-order valence-corrected chi connectivity index (χ0v) is 12.8. The van der Waals surface area contributed by atoms with Crippen LogP contribution in [0.5, 0.6) is 0 Å². The minimum atomic E-state index is 0.723. The van der Waals surface area contributed by atoms with E-state index < -0.39 is 0 Å². The molecule has 1 rings (SSSR count). The predicted octanol–water partition coefficient (Wildman–Crippen LogP) is 4.69. The van der Waals surface area contributed by atoms with Crippen LogP contribution in [0.2, 0.25) is 0 Å². The summed E-state index contributed by atoms with van der Waals surface area (Å²) in [7, 11) is 0. The highest BCUT2D eigenvalue weighted by Crippen LogP contribution is 2.25. The summed E-state index contributed by atoms with van der Waals surface area (Å²) in [5, 5.41) is 3.27. The molecular weight excluding hydrogens is 254 g/mol. The van der Waals surface area contributed by atoms with Gasteiger partial charge in [0.2, 0.25) is 0 Å². The summed E-state index contributed by atoms with van der Waals surface area (Å²) in [6, 6.07) is 0. The fraction of sp³-hybridized carbons (Fsp3) is 0.583. The lowest BCUT2D eigenvalue weighted by Gasteiger charge is -2.10. The average Bonchev–Trinajstić information content (AvgIpc) is 2.65. The van der Waals surface area contributed by atoms with E-state index >= 15 is 0 Å². The summed E-state index contributed by atoms with van der Waals surface area (Å²) in [6.45, 7) is 4.25. The first-order valence-corrected chi connectivity index (χ1v) is 8.76. The Balaban J connectivity index is 2.45. The Morgan fingerprint density at radius 1 is 1.50 bits per heavy atom. The number of thioether (sulfide) groups is 2. The number of nitrogens with zero attached hydrogens (tertiary/aromatic N) is 1. The maximum atomic E-state index is 4.45. The van der Waals surface area contributed by atoms with E-state index in [1.54, 1.807) is 11.3 Å². The van der Waals surface area contributed by atoms with E-state index in [0.717, 1.165) is 15.3 Å². The zero-order chi connectivity index (χ0) is 12.0. The molecule has 0 aliphatic carbocycles. The van der Waals surface area contributed by atoms with Gasteiger partial charge in [-0.2, -0.15) is 23.5 Å². The van der Waals surface area contributed by atoms with Crippen molar-refractivity contribution in [3.8, 4) is 0 Å². The molecule has 0 aliphatic rings. The summed E-state index contributed by atoms with van der Waals surface area (Å²) in [5.74, 6) is 0. The van der Waals surface area contributed by atoms with E-state index in [1.807, 2.05) is 23.5 Å². The standard InChI is InChI=1S/C12H19NS3/c1-9(5-6-12(14-3)15-4)7-11-8-16-10(2)13-11/h7-8,12H,5-6H2,1-4H3/b9-7+. The van der Waals surface area contributed by atoms with Gasteiger partial charge in [0, 0.05) is 9.96 Å². The molecule has 1 aromatic rings. The first-order valence-electron chi connectivity index (χ1n) is 5.30. The van der Waals surface area contributed by atoms with E-state index in [-0.39, 0.29) is 0 Å². The molecule has 0 fully saturated rings. The van der Waals surface area contributed by atoms with Crippen LogP contribution in [-0.2, 0) is 0 Å². The second-order valence-electron chi connectivity index (χ2n) is 3.72. The van der Waals surface area contributed by atoms with E-state index in [9.17, 15) is 0 Å². The largest absolute Gasteiger partial charge is 0.242 e. The number of rotatable bonds is 6. The van der Waals surface area contributed by atoms with E-state index in [2.05, 4.69) is 42.8 Å². The van der Waals surface area contributed by atoms with Crippen molar-refractivity contribution >= 4 is 40.9 Å². The third kappa shape index (κ3) is 4.93. The van der Waals surface area contributed by atoms with E-state index in [4.69, 9.17) is 0 Å². The molecule has 1 aromatic heterocycles. The van der Waals surface area contributed by atoms with Crippen LogP contribution in [0.1, 0.15) is 30.5 Å². The molecule has 1 nitrogen and oxygen atoms in total. The van der Waals surface area contributed by atoms with Gasteiger partial charge in [-0.3, -0.25) is 0 Å². The Morgan fingerprint density at radius 2 is 2.19 bits per heavy atom. The normalized spacial score (nSPS) is 12.4. The summed E-state index contributed by atoms with van der Waals surface area (Å²) in [6.07, 6.45) is 8.99. The topological polar surface area (TPSA) is 12.9 Å². The van der Waals surface area contributed by atoms with Crippen molar-refractivity contribution in [2.24, 2.45) is 0 Å². The SMILES string of the molecule is CSC(CC/C(C)=C/c1csc(C)n1)SC. The first kappa shape index (κ1) is 14.1. The van der Waals surface area contributed by atoms with Gasteiger partial charge in [0.1, 0.15) is 0 Å². The number of hydrogen-bond acceptors (Lipinski definition) is 4. The molecule has 0 saturated carbocycles. The van der Waals surface area contributed by atoms with Gasteiger partial charge in [-0.05, 0) is 45.3 Å². The lowest BCUT2D eigenvalue weighted by molar-refractivity contribution is 0.896. The fourth-order valence-electron chi connectivity index (χ4n) is 1.45. The molecule has 0 amide bonds. The Labute approximate surface area is 111 Å². The molecule has 16 heavy (non-hydrogen) atoms. The number of allylic oxidation sites excluding steroid dienone is 1. The number of aryl methyl sites for hydroxylation is 1. The van der Waals surface area contributed by atoms with Crippen molar-refractivity contribution in [2.75, 3.05) is 12.5 Å². The van der Waals surface area contributed by atoms with Crippen LogP contribution in [-0.4, -0.2) is 22.1 Å². The van der Waals surface area contributed by atoms with Crippen LogP contribution in [0.3, 0.4) is 0 Å². The van der Waals surface area contributed by atoms with Crippen molar-refractivity contribution in [3.05, 3.63) is 21.7 Å². The zero-order valence-electron chi connectivity index (χ0n) is 10.3. The van der Waals surface area contributed by atoms with Gasteiger partial charge in [-0.25, -0.2) is 4.98 Å². The van der Waals surface area contributed by atoms with Gasteiger partial charge in [0.05, 0.1) is 10.7 Å². The molecule has 0 aromatic carbocycles. The van der Waals surface area contributed by atoms with Crippen molar-refractivity contribution in [2.45, 2.75) is 31.3 Å². The minimum Gasteiger partial charge on any atom is -0.242 e. The van der Waals surface area contributed by atoms with Gasteiger partial charge in [0.25, 0.3) is 0 Å². The first-order chi connectivity index (χ1) is 7.65. The van der Waals surface area contributed by atoms with Crippen LogP contribution in [0, 0.1) is 6.92 Å². The molecule has 0 N–H and O–H groups in total. The molecule has 0 spiro atoms. The molecule has 0 unspecified atom stereocenters. The maximum Gasteiger partial charge on any atom is 0.0901 e. The van der Waals surface area contributed by atoms with Crippen molar-refractivity contribution in [3.63, 3.8) is 0 Å². The molecular formula is C12H19NS3. The molecule has 90 valence electrons. The lowest BCUT2D eigenvalue weighted by Crippen LogP contribution is -1.95. The van der Waals surface area contributed by atoms with Gasteiger partial charge in [-0.1, -0.05) is 5.57 Å². The quantitative estimate of drug-likeness (QED) is 0.698. The van der Waals surface area contributed by atoms with E-state index in [0.29, 0.717) is 0 Å². The van der Waals surface area contributed by atoms with Crippen molar-refractivity contribution in [1.29, 1.82) is 0 Å². The van der Waals surface area contributed by atoms with Crippen LogP contribution in [0.25, 0.3) is 6.08 Å². The second-order valence-corrected chi connectivity index (χ2v) is 7.16. The highest BCUT2D eigenvalue weighted by atomic mass is 32.2.